The van der Waals surface area contributed by atoms with E-state index in [4.69, 9.17) is 4.99 Å². The quantitative estimate of drug-likeness (QED) is 0.142. The van der Waals surface area contributed by atoms with Gasteiger partial charge in [0.25, 0.3) is 0 Å². The summed E-state index contributed by atoms with van der Waals surface area (Å²) in [5.41, 5.74) is 8.17. The lowest BCUT2D eigenvalue weighted by Crippen LogP contribution is -2.45. The Labute approximate surface area is 302 Å². The van der Waals surface area contributed by atoms with Crippen molar-refractivity contribution < 1.29 is 0 Å². The third-order valence-corrected chi connectivity index (χ3v) is 10.6. The monoisotopic (exact) mass is 665 g/mol. The highest BCUT2D eigenvalue weighted by molar-refractivity contribution is 6.24. The summed E-state index contributed by atoms with van der Waals surface area (Å²) in [6.07, 6.45) is -0.571. The Bertz CT molecular complexity index is 2810. The minimum absolute atomic E-state index is 0.232. The standard InChI is InChI=1S/C49H35N3/c1-2-15-32(16-3-1)37-22-10-12-26-43(37)47-50-48(44-27-13-11-25-41(44)40-28-14-20-33-17-4-7-21-36(33)40)52-49(51-47)46-39-24-9-6-19-35(39)31-45-38-23-8-5-18-34(38)29-30-42(45)46/h1-31,47-48,50H,(H,51,52). The number of aliphatic imine (C=N–C) groups is 1. The van der Waals surface area contributed by atoms with E-state index in [0.717, 1.165) is 17.0 Å². The molecule has 0 fully saturated rings. The number of benzene rings is 9. The summed E-state index contributed by atoms with van der Waals surface area (Å²) in [6, 6.07) is 67.6. The predicted molar refractivity (Wildman–Crippen MR) is 219 cm³/mol. The maximum Gasteiger partial charge on any atom is 0.133 e. The van der Waals surface area contributed by atoms with Gasteiger partial charge in [-0.05, 0) is 82.5 Å². The fourth-order valence-electron chi connectivity index (χ4n) is 8.15. The van der Waals surface area contributed by atoms with Gasteiger partial charge < -0.3 is 5.32 Å². The van der Waals surface area contributed by atoms with Crippen molar-refractivity contribution in [3.63, 3.8) is 0 Å². The molecule has 246 valence electrons. The van der Waals surface area contributed by atoms with Crippen molar-refractivity contribution in [3.8, 4) is 22.3 Å². The highest BCUT2D eigenvalue weighted by Gasteiger charge is 2.30. The summed E-state index contributed by atoms with van der Waals surface area (Å²) in [7, 11) is 0. The Morgan fingerprint density at radius 3 is 1.81 bits per heavy atom. The molecular weight excluding hydrogens is 631 g/mol. The van der Waals surface area contributed by atoms with Crippen molar-refractivity contribution >= 4 is 48.9 Å². The van der Waals surface area contributed by atoms with Gasteiger partial charge in [0.15, 0.2) is 0 Å². The van der Waals surface area contributed by atoms with Crippen molar-refractivity contribution in [2.24, 2.45) is 4.99 Å². The van der Waals surface area contributed by atoms with Gasteiger partial charge in [-0.1, -0.05) is 182 Å². The van der Waals surface area contributed by atoms with Gasteiger partial charge in [-0.3, -0.25) is 5.32 Å². The van der Waals surface area contributed by atoms with Gasteiger partial charge in [-0.15, -0.1) is 0 Å². The fraction of sp³-hybridized carbons (Fsp3) is 0.0408. The van der Waals surface area contributed by atoms with E-state index in [1.165, 1.54) is 70.9 Å². The zero-order valence-corrected chi connectivity index (χ0v) is 28.5. The molecule has 1 aliphatic heterocycles. The molecule has 10 rings (SSSR count). The van der Waals surface area contributed by atoms with E-state index < -0.39 is 0 Å². The molecule has 0 amide bonds. The molecule has 0 spiro atoms. The summed E-state index contributed by atoms with van der Waals surface area (Å²) in [5, 5.41) is 17.6. The van der Waals surface area contributed by atoms with Crippen LogP contribution in [0.25, 0.3) is 65.3 Å². The number of rotatable bonds is 5. The molecule has 3 heteroatoms. The van der Waals surface area contributed by atoms with Gasteiger partial charge in [0.1, 0.15) is 18.2 Å². The number of hydrogen-bond acceptors (Lipinski definition) is 3. The smallest absolute Gasteiger partial charge is 0.133 e. The maximum absolute atomic E-state index is 5.64. The minimum atomic E-state index is -0.338. The van der Waals surface area contributed by atoms with Crippen LogP contribution in [0.15, 0.2) is 193 Å². The molecule has 1 aliphatic rings. The average Bonchev–Trinajstić information content (AvgIpc) is 3.22. The summed E-state index contributed by atoms with van der Waals surface area (Å²) >= 11 is 0. The van der Waals surface area contributed by atoms with E-state index >= 15 is 0 Å². The van der Waals surface area contributed by atoms with E-state index in [0.29, 0.717) is 0 Å². The fourth-order valence-corrected chi connectivity index (χ4v) is 8.15. The van der Waals surface area contributed by atoms with E-state index in [1.807, 2.05) is 0 Å². The topological polar surface area (TPSA) is 36.4 Å². The summed E-state index contributed by atoms with van der Waals surface area (Å²) in [5.74, 6) is 0.876. The van der Waals surface area contributed by atoms with Gasteiger partial charge in [0.2, 0.25) is 0 Å². The molecule has 0 aliphatic carbocycles. The molecule has 2 N–H and O–H groups in total. The number of nitrogens with zero attached hydrogens (tertiary/aromatic N) is 1. The van der Waals surface area contributed by atoms with Crippen LogP contribution in [0.1, 0.15) is 29.0 Å². The Kier molecular flexibility index (Phi) is 7.37. The Hall–Kier alpha value is -6.55. The normalized spacial score (nSPS) is 15.9. The molecule has 1 heterocycles. The third kappa shape index (κ3) is 5.14. The molecule has 52 heavy (non-hydrogen) atoms. The average molecular weight is 666 g/mol. The summed E-state index contributed by atoms with van der Waals surface area (Å²) < 4.78 is 0. The van der Waals surface area contributed by atoms with E-state index in [-0.39, 0.29) is 12.3 Å². The molecule has 9 aromatic carbocycles. The van der Waals surface area contributed by atoms with E-state index in [2.05, 4.69) is 199 Å². The van der Waals surface area contributed by atoms with Crippen LogP contribution in [0.4, 0.5) is 0 Å². The van der Waals surface area contributed by atoms with Gasteiger partial charge in [-0.25, -0.2) is 4.99 Å². The van der Waals surface area contributed by atoms with E-state index in [1.54, 1.807) is 0 Å². The molecule has 0 saturated heterocycles. The summed E-state index contributed by atoms with van der Waals surface area (Å²) in [4.78, 5) is 5.64. The van der Waals surface area contributed by atoms with Crippen molar-refractivity contribution in [2.45, 2.75) is 12.3 Å². The Morgan fingerprint density at radius 2 is 0.981 bits per heavy atom. The molecule has 2 unspecified atom stereocenters. The van der Waals surface area contributed by atoms with E-state index in [9.17, 15) is 0 Å². The van der Waals surface area contributed by atoms with Crippen LogP contribution in [-0.2, 0) is 0 Å². The molecule has 9 aromatic rings. The molecule has 0 saturated carbocycles. The van der Waals surface area contributed by atoms with Crippen molar-refractivity contribution in [1.82, 2.24) is 10.6 Å². The van der Waals surface area contributed by atoms with Crippen LogP contribution in [0.2, 0.25) is 0 Å². The number of hydrogen-bond donors (Lipinski definition) is 2. The number of amidine groups is 1. The number of fused-ring (bicyclic) bond motifs is 5. The van der Waals surface area contributed by atoms with Gasteiger partial charge in [0, 0.05) is 5.56 Å². The largest absolute Gasteiger partial charge is 0.350 e. The van der Waals surface area contributed by atoms with Gasteiger partial charge in [-0.2, -0.15) is 0 Å². The zero-order valence-electron chi connectivity index (χ0n) is 28.5. The van der Waals surface area contributed by atoms with Crippen molar-refractivity contribution in [3.05, 3.63) is 205 Å². The molecule has 0 radical (unpaired) electrons. The zero-order chi connectivity index (χ0) is 34.4. The van der Waals surface area contributed by atoms with Crippen LogP contribution < -0.4 is 10.6 Å². The first kappa shape index (κ1) is 30.3. The van der Waals surface area contributed by atoms with Crippen LogP contribution in [0.3, 0.4) is 0 Å². The predicted octanol–water partition coefficient (Wildman–Crippen LogP) is 12.0. The van der Waals surface area contributed by atoms with Crippen LogP contribution in [0, 0.1) is 0 Å². The van der Waals surface area contributed by atoms with Crippen molar-refractivity contribution in [1.29, 1.82) is 0 Å². The molecule has 2 atom stereocenters. The SMILES string of the molecule is c1ccc(-c2ccccc2C2NC(c3c4ccccc4cc4c3ccc3ccccc34)=NC(c3ccccc3-c3cccc4ccccc34)N2)cc1. The molecule has 0 bridgehead atoms. The van der Waals surface area contributed by atoms with Crippen LogP contribution >= 0.6 is 0 Å². The van der Waals surface area contributed by atoms with Crippen molar-refractivity contribution in [2.75, 3.05) is 0 Å². The van der Waals surface area contributed by atoms with Gasteiger partial charge >= 0.3 is 0 Å². The maximum atomic E-state index is 5.64. The highest BCUT2D eigenvalue weighted by atomic mass is 15.3. The first-order valence-corrected chi connectivity index (χ1v) is 18.0. The van der Waals surface area contributed by atoms with Gasteiger partial charge in [0.05, 0.1) is 0 Å². The second-order valence-corrected chi connectivity index (χ2v) is 13.5. The molecule has 3 nitrogen and oxygen atoms in total. The molecular formula is C49H35N3. The first-order chi connectivity index (χ1) is 25.8. The van der Waals surface area contributed by atoms with Crippen LogP contribution in [-0.4, -0.2) is 5.84 Å². The first-order valence-electron chi connectivity index (χ1n) is 18.0. The second-order valence-electron chi connectivity index (χ2n) is 13.5. The Balaban J connectivity index is 1.23. The lowest BCUT2D eigenvalue weighted by atomic mass is 9.91. The third-order valence-electron chi connectivity index (χ3n) is 10.6. The number of nitrogens with one attached hydrogen (secondary N) is 2. The molecule has 0 aromatic heterocycles. The lowest BCUT2D eigenvalue weighted by Gasteiger charge is -2.34. The second kappa shape index (κ2) is 12.6. The summed E-state index contributed by atoms with van der Waals surface area (Å²) in [6.45, 7) is 0. The van der Waals surface area contributed by atoms with Crippen LogP contribution in [0.5, 0.6) is 0 Å². The minimum Gasteiger partial charge on any atom is -0.350 e. The highest BCUT2D eigenvalue weighted by Crippen LogP contribution is 2.40. The lowest BCUT2D eigenvalue weighted by molar-refractivity contribution is 0.410. The Morgan fingerprint density at radius 1 is 0.385 bits per heavy atom.